The topological polar surface area (TPSA) is 38.7 Å². The molecule has 0 unspecified atom stereocenters. The normalized spacial score (nSPS) is 11.5. The quantitative estimate of drug-likeness (QED) is 0.178. The molecule has 0 atom stereocenters. The Kier molecular flexibility index (Phi) is 7.14. The Morgan fingerprint density at radius 1 is 0.250 bits per heavy atom. The van der Waals surface area contributed by atoms with Gasteiger partial charge in [-0.1, -0.05) is 176 Å². The van der Waals surface area contributed by atoms with Crippen molar-refractivity contribution < 1.29 is 0 Å². The van der Waals surface area contributed by atoms with Crippen LogP contribution in [0.25, 0.3) is 101 Å². The molecule has 52 heavy (non-hydrogen) atoms. The van der Waals surface area contributed by atoms with E-state index in [0.717, 1.165) is 27.8 Å². The molecule has 0 amide bonds. The third kappa shape index (κ3) is 5.10. The highest BCUT2D eigenvalue weighted by Gasteiger charge is 2.29. The molecule has 0 bridgehead atoms. The summed E-state index contributed by atoms with van der Waals surface area (Å²) in [5.74, 6) is 1.95. The molecule has 9 aromatic rings. The average Bonchev–Trinajstić information content (AvgIpc) is 3.57. The molecule has 0 aliphatic heterocycles. The van der Waals surface area contributed by atoms with Crippen LogP contribution in [0, 0.1) is 0 Å². The van der Waals surface area contributed by atoms with Crippen molar-refractivity contribution in [2.24, 2.45) is 0 Å². The molecule has 0 saturated heterocycles. The third-order valence-corrected chi connectivity index (χ3v) is 10.1. The summed E-state index contributed by atoms with van der Waals surface area (Å²) in [6.45, 7) is 0. The van der Waals surface area contributed by atoms with Gasteiger partial charge in [0, 0.05) is 22.3 Å². The Morgan fingerprint density at radius 2 is 0.673 bits per heavy atom. The number of fused-ring (bicyclic) bond motifs is 3. The third-order valence-electron chi connectivity index (χ3n) is 10.1. The SMILES string of the molecule is c1ccc(-c2ccc(-c3nc(-c4ccccc4)nc(-c4ccc(-c5cccc(-c6ccccc6)c5)c5c4-c4cccc6cccc-5c46)n3)cc2)cc1. The van der Waals surface area contributed by atoms with Crippen LogP contribution in [0.4, 0.5) is 0 Å². The van der Waals surface area contributed by atoms with Gasteiger partial charge in [-0.3, -0.25) is 0 Å². The van der Waals surface area contributed by atoms with Gasteiger partial charge in [-0.2, -0.15) is 0 Å². The monoisotopic (exact) mass is 661 g/mol. The number of rotatable bonds is 6. The minimum Gasteiger partial charge on any atom is -0.208 e. The summed E-state index contributed by atoms with van der Waals surface area (Å²) < 4.78 is 0. The van der Waals surface area contributed by atoms with E-state index in [9.17, 15) is 0 Å². The van der Waals surface area contributed by atoms with E-state index in [1.54, 1.807) is 0 Å². The summed E-state index contributed by atoms with van der Waals surface area (Å²) >= 11 is 0. The molecule has 242 valence electrons. The molecular weight excluding hydrogens is 631 g/mol. The van der Waals surface area contributed by atoms with Crippen LogP contribution in [0.3, 0.4) is 0 Å². The number of aromatic nitrogens is 3. The standard InChI is InChI=1S/C49H31N3/c1-4-13-32(14-5-1)34-25-27-37(28-26-34)48-50-47(36-17-8-3-9-18-36)51-49(52-48)43-30-29-40(39-22-10-21-38(31-39)33-15-6-2-7-16-33)45-41-23-11-19-35-20-12-24-42(44(35)41)46(43)45/h1-31H. The largest absolute Gasteiger partial charge is 0.208 e. The molecule has 1 heterocycles. The first-order chi connectivity index (χ1) is 25.8. The van der Waals surface area contributed by atoms with E-state index in [0.29, 0.717) is 17.5 Å². The lowest BCUT2D eigenvalue weighted by molar-refractivity contribution is 1.07. The summed E-state index contributed by atoms with van der Waals surface area (Å²) in [6, 6.07) is 66.3. The van der Waals surface area contributed by atoms with E-state index in [-0.39, 0.29) is 0 Å². The second-order valence-electron chi connectivity index (χ2n) is 13.2. The smallest absolute Gasteiger partial charge is 0.164 e. The van der Waals surface area contributed by atoms with Crippen LogP contribution in [-0.2, 0) is 0 Å². The molecule has 0 saturated carbocycles. The molecule has 0 N–H and O–H groups in total. The van der Waals surface area contributed by atoms with Crippen molar-refractivity contribution in [1.29, 1.82) is 0 Å². The molecule has 1 aromatic heterocycles. The average molecular weight is 662 g/mol. The summed E-state index contributed by atoms with van der Waals surface area (Å²) in [5.41, 5.74) is 14.8. The van der Waals surface area contributed by atoms with Crippen molar-refractivity contribution >= 4 is 10.8 Å². The summed E-state index contributed by atoms with van der Waals surface area (Å²) in [4.78, 5) is 15.5. The van der Waals surface area contributed by atoms with E-state index < -0.39 is 0 Å². The van der Waals surface area contributed by atoms with E-state index in [1.807, 2.05) is 24.3 Å². The molecule has 0 fully saturated rings. The number of nitrogens with zero attached hydrogens (tertiary/aromatic N) is 3. The van der Waals surface area contributed by atoms with Crippen molar-refractivity contribution in [3.05, 3.63) is 188 Å². The highest BCUT2D eigenvalue weighted by molar-refractivity contribution is 6.20. The zero-order chi connectivity index (χ0) is 34.4. The Balaban J connectivity index is 1.19. The zero-order valence-corrected chi connectivity index (χ0v) is 28.2. The van der Waals surface area contributed by atoms with Crippen LogP contribution < -0.4 is 0 Å². The van der Waals surface area contributed by atoms with Crippen molar-refractivity contribution in [3.8, 4) is 89.8 Å². The zero-order valence-electron chi connectivity index (χ0n) is 28.2. The van der Waals surface area contributed by atoms with Gasteiger partial charge in [0.05, 0.1) is 0 Å². The van der Waals surface area contributed by atoms with Crippen LogP contribution in [0.1, 0.15) is 0 Å². The van der Waals surface area contributed by atoms with Gasteiger partial charge in [0.2, 0.25) is 0 Å². The van der Waals surface area contributed by atoms with E-state index in [2.05, 4.69) is 164 Å². The van der Waals surface area contributed by atoms with Crippen LogP contribution in [0.5, 0.6) is 0 Å². The van der Waals surface area contributed by atoms with E-state index in [4.69, 9.17) is 15.0 Å². The van der Waals surface area contributed by atoms with E-state index in [1.165, 1.54) is 55.3 Å². The Hall–Kier alpha value is -6.97. The Bertz CT molecular complexity index is 2750. The minimum atomic E-state index is 0.644. The van der Waals surface area contributed by atoms with Gasteiger partial charge in [0.25, 0.3) is 0 Å². The number of hydrogen-bond acceptors (Lipinski definition) is 3. The molecule has 0 radical (unpaired) electrons. The second-order valence-corrected chi connectivity index (χ2v) is 13.2. The first-order valence-electron chi connectivity index (χ1n) is 17.6. The fourth-order valence-electron chi connectivity index (χ4n) is 7.63. The highest BCUT2D eigenvalue weighted by Crippen LogP contribution is 2.54. The first kappa shape index (κ1) is 29.9. The summed E-state index contributed by atoms with van der Waals surface area (Å²) in [5, 5.41) is 2.49. The Morgan fingerprint density at radius 3 is 1.31 bits per heavy atom. The van der Waals surface area contributed by atoms with Gasteiger partial charge in [0.1, 0.15) is 0 Å². The second kappa shape index (κ2) is 12.4. The number of hydrogen-bond donors (Lipinski definition) is 0. The molecule has 1 aliphatic rings. The van der Waals surface area contributed by atoms with Gasteiger partial charge < -0.3 is 0 Å². The molecule has 3 heteroatoms. The fourth-order valence-corrected chi connectivity index (χ4v) is 7.63. The van der Waals surface area contributed by atoms with Crippen molar-refractivity contribution in [3.63, 3.8) is 0 Å². The van der Waals surface area contributed by atoms with E-state index >= 15 is 0 Å². The van der Waals surface area contributed by atoms with Gasteiger partial charge >= 0.3 is 0 Å². The minimum absolute atomic E-state index is 0.644. The number of benzene rings is 8. The van der Waals surface area contributed by atoms with Gasteiger partial charge in [-0.05, 0) is 73.0 Å². The maximum Gasteiger partial charge on any atom is 0.164 e. The van der Waals surface area contributed by atoms with Crippen LogP contribution in [-0.4, -0.2) is 15.0 Å². The maximum absolute atomic E-state index is 5.24. The van der Waals surface area contributed by atoms with Crippen molar-refractivity contribution in [1.82, 2.24) is 15.0 Å². The lowest BCUT2D eigenvalue weighted by Gasteiger charge is -2.16. The lowest BCUT2D eigenvalue weighted by atomic mass is 9.89. The predicted octanol–water partition coefficient (Wildman–Crippen LogP) is 12.7. The molecule has 1 aliphatic carbocycles. The van der Waals surface area contributed by atoms with Crippen molar-refractivity contribution in [2.45, 2.75) is 0 Å². The van der Waals surface area contributed by atoms with Gasteiger partial charge in [-0.15, -0.1) is 0 Å². The van der Waals surface area contributed by atoms with Gasteiger partial charge in [0.15, 0.2) is 17.5 Å². The Labute approximate surface area is 302 Å². The van der Waals surface area contributed by atoms with Crippen LogP contribution in [0.2, 0.25) is 0 Å². The first-order valence-corrected chi connectivity index (χ1v) is 17.6. The fraction of sp³-hybridized carbons (Fsp3) is 0. The van der Waals surface area contributed by atoms with Gasteiger partial charge in [-0.25, -0.2) is 15.0 Å². The maximum atomic E-state index is 5.24. The molecule has 10 rings (SSSR count). The summed E-state index contributed by atoms with van der Waals surface area (Å²) in [6.07, 6.45) is 0. The molecule has 8 aromatic carbocycles. The van der Waals surface area contributed by atoms with Crippen LogP contribution in [0.15, 0.2) is 188 Å². The predicted molar refractivity (Wildman–Crippen MR) is 214 cm³/mol. The van der Waals surface area contributed by atoms with Crippen molar-refractivity contribution in [2.75, 3.05) is 0 Å². The molecule has 3 nitrogen and oxygen atoms in total. The lowest BCUT2D eigenvalue weighted by Crippen LogP contribution is -2.01. The molecular formula is C49H31N3. The summed E-state index contributed by atoms with van der Waals surface area (Å²) in [7, 11) is 0. The highest BCUT2D eigenvalue weighted by atomic mass is 15.0. The van der Waals surface area contributed by atoms with Crippen LogP contribution >= 0.6 is 0 Å². The molecule has 0 spiro atoms.